The molecule has 1 saturated heterocycles. The minimum Gasteiger partial charge on any atom is -0.369 e. The van der Waals surface area contributed by atoms with Crippen LogP contribution in [0.2, 0.25) is 0 Å². The normalized spacial score (nSPS) is 22.1. The van der Waals surface area contributed by atoms with E-state index in [4.69, 9.17) is 5.73 Å². The molecule has 1 spiro atoms. The van der Waals surface area contributed by atoms with Crippen molar-refractivity contribution >= 4 is 27.6 Å². The third-order valence-electron chi connectivity index (χ3n) is 4.76. The maximum atomic E-state index is 6.21. The van der Waals surface area contributed by atoms with Gasteiger partial charge >= 0.3 is 0 Å². The first-order valence-electron chi connectivity index (χ1n) is 7.62. The maximum Gasteiger partial charge on any atom is 0.196 e. The van der Waals surface area contributed by atoms with Gasteiger partial charge in [0.2, 0.25) is 0 Å². The van der Waals surface area contributed by atoms with Crippen LogP contribution in [0.1, 0.15) is 26.7 Å². The van der Waals surface area contributed by atoms with Crippen LogP contribution in [0.4, 0.5) is 5.69 Å². The van der Waals surface area contributed by atoms with Crippen LogP contribution in [0.25, 0.3) is 0 Å². The van der Waals surface area contributed by atoms with E-state index in [0.29, 0.717) is 12.0 Å². The minimum atomic E-state index is 0.0657. The molecule has 0 aliphatic carbocycles. The molecule has 2 N–H and O–H groups in total. The van der Waals surface area contributed by atoms with Crippen molar-refractivity contribution in [2.24, 2.45) is 10.7 Å². The molecule has 1 aromatic carbocycles. The van der Waals surface area contributed by atoms with Gasteiger partial charge in [0.25, 0.3) is 0 Å². The SMILES string of the molecule is CC(C)N1CCC2(CC1)CN=C(N)N2c1cccc(Br)c1. The van der Waals surface area contributed by atoms with Gasteiger partial charge in [-0.1, -0.05) is 22.0 Å². The van der Waals surface area contributed by atoms with E-state index in [1.165, 1.54) is 0 Å². The zero-order valence-corrected chi connectivity index (χ0v) is 14.3. The van der Waals surface area contributed by atoms with Gasteiger partial charge in [-0.05, 0) is 44.9 Å². The fourth-order valence-corrected chi connectivity index (χ4v) is 3.86. The van der Waals surface area contributed by atoms with E-state index >= 15 is 0 Å². The number of guanidine groups is 1. The summed E-state index contributed by atoms with van der Waals surface area (Å²) in [5.74, 6) is 0.658. The molecule has 21 heavy (non-hydrogen) atoms. The van der Waals surface area contributed by atoms with Gasteiger partial charge in [-0.25, -0.2) is 0 Å². The fourth-order valence-electron chi connectivity index (χ4n) is 3.47. The first-order valence-corrected chi connectivity index (χ1v) is 8.41. The summed E-state index contributed by atoms with van der Waals surface area (Å²) in [6, 6.07) is 8.96. The van der Waals surface area contributed by atoms with Crippen LogP contribution in [-0.2, 0) is 0 Å². The molecule has 0 unspecified atom stereocenters. The summed E-state index contributed by atoms with van der Waals surface area (Å²) in [5.41, 5.74) is 7.41. The second kappa shape index (κ2) is 5.61. The second-order valence-electron chi connectivity index (χ2n) is 6.34. The van der Waals surface area contributed by atoms with Gasteiger partial charge in [0.15, 0.2) is 5.96 Å². The number of halogens is 1. The smallest absolute Gasteiger partial charge is 0.196 e. The average Bonchev–Trinajstić information content (AvgIpc) is 2.76. The molecule has 0 bridgehead atoms. The molecule has 0 saturated carbocycles. The molecule has 0 amide bonds. The lowest BCUT2D eigenvalue weighted by Crippen LogP contribution is -2.58. The first kappa shape index (κ1) is 14.9. The number of nitrogens with two attached hydrogens (primary N) is 1. The number of rotatable bonds is 2. The maximum absolute atomic E-state index is 6.21. The minimum absolute atomic E-state index is 0.0657. The zero-order valence-electron chi connectivity index (χ0n) is 12.7. The van der Waals surface area contributed by atoms with Crippen molar-refractivity contribution in [2.75, 3.05) is 24.5 Å². The quantitative estimate of drug-likeness (QED) is 0.891. The molecule has 0 radical (unpaired) electrons. The number of piperidine rings is 1. The molecule has 2 aliphatic heterocycles. The third kappa shape index (κ3) is 2.69. The largest absolute Gasteiger partial charge is 0.369 e. The highest BCUT2D eigenvalue weighted by Crippen LogP contribution is 2.37. The van der Waals surface area contributed by atoms with Crippen molar-refractivity contribution in [3.05, 3.63) is 28.7 Å². The van der Waals surface area contributed by atoms with Gasteiger partial charge in [-0.2, -0.15) is 0 Å². The molecule has 2 heterocycles. The van der Waals surface area contributed by atoms with E-state index in [2.05, 4.69) is 62.8 Å². The zero-order chi connectivity index (χ0) is 15.0. The average molecular weight is 351 g/mol. The summed E-state index contributed by atoms with van der Waals surface area (Å²) in [7, 11) is 0. The molecule has 114 valence electrons. The van der Waals surface area contributed by atoms with Crippen LogP contribution in [0, 0.1) is 0 Å². The Morgan fingerprint density at radius 3 is 2.62 bits per heavy atom. The summed E-state index contributed by atoms with van der Waals surface area (Å²) < 4.78 is 1.08. The number of benzene rings is 1. The highest BCUT2D eigenvalue weighted by molar-refractivity contribution is 9.10. The van der Waals surface area contributed by atoms with Crippen molar-refractivity contribution < 1.29 is 0 Å². The number of nitrogens with zero attached hydrogens (tertiary/aromatic N) is 3. The summed E-state index contributed by atoms with van der Waals surface area (Å²) in [6.45, 7) is 7.58. The number of aliphatic imine (C=N–C) groups is 1. The Labute approximate surface area is 135 Å². The lowest BCUT2D eigenvalue weighted by Gasteiger charge is -2.46. The van der Waals surface area contributed by atoms with Crippen molar-refractivity contribution in [1.82, 2.24) is 4.90 Å². The van der Waals surface area contributed by atoms with Crippen LogP contribution in [0.15, 0.2) is 33.7 Å². The van der Waals surface area contributed by atoms with Crippen molar-refractivity contribution in [2.45, 2.75) is 38.3 Å². The monoisotopic (exact) mass is 350 g/mol. The lowest BCUT2D eigenvalue weighted by atomic mass is 9.85. The van der Waals surface area contributed by atoms with Crippen molar-refractivity contribution in [3.8, 4) is 0 Å². The van der Waals surface area contributed by atoms with Crippen LogP contribution in [0.5, 0.6) is 0 Å². The summed E-state index contributed by atoms with van der Waals surface area (Å²) in [4.78, 5) is 9.36. The second-order valence-corrected chi connectivity index (χ2v) is 7.26. The third-order valence-corrected chi connectivity index (χ3v) is 5.26. The van der Waals surface area contributed by atoms with Crippen LogP contribution < -0.4 is 10.6 Å². The molecule has 3 rings (SSSR count). The topological polar surface area (TPSA) is 44.9 Å². The Bertz CT molecular complexity index is 547. The van der Waals surface area contributed by atoms with Crippen molar-refractivity contribution in [3.63, 3.8) is 0 Å². The van der Waals surface area contributed by atoms with Crippen LogP contribution >= 0.6 is 15.9 Å². The Balaban J connectivity index is 1.86. The number of hydrogen-bond acceptors (Lipinski definition) is 4. The highest BCUT2D eigenvalue weighted by Gasteiger charge is 2.45. The highest BCUT2D eigenvalue weighted by atomic mass is 79.9. The van der Waals surface area contributed by atoms with Crippen molar-refractivity contribution in [1.29, 1.82) is 0 Å². The van der Waals surface area contributed by atoms with Gasteiger partial charge in [0.1, 0.15) is 0 Å². The fraction of sp³-hybridized carbons (Fsp3) is 0.562. The molecule has 1 fully saturated rings. The number of hydrogen-bond donors (Lipinski definition) is 1. The van der Waals surface area contributed by atoms with Gasteiger partial charge < -0.3 is 15.5 Å². The predicted octanol–water partition coefficient (Wildman–Crippen LogP) is 2.83. The molecule has 1 aromatic rings. The Morgan fingerprint density at radius 1 is 1.29 bits per heavy atom. The molecular formula is C16H23BrN4. The Hall–Kier alpha value is -1.07. The van der Waals surface area contributed by atoms with Gasteiger partial charge in [0.05, 0.1) is 12.1 Å². The summed E-state index contributed by atoms with van der Waals surface area (Å²) >= 11 is 3.55. The molecule has 2 aliphatic rings. The van der Waals surface area contributed by atoms with Crippen LogP contribution in [-0.4, -0.2) is 42.1 Å². The summed E-state index contributed by atoms with van der Waals surface area (Å²) in [5, 5.41) is 0. The predicted molar refractivity (Wildman–Crippen MR) is 91.8 cm³/mol. The number of likely N-dealkylation sites (tertiary alicyclic amines) is 1. The Kier molecular flexibility index (Phi) is 3.97. The molecule has 0 aromatic heterocycles. The van der Waals surface area contributed by atoms with E-state index < -0.39 is 0 Å². The lowest BCUT2D eigenvalue weighted by molar-refractivity contribution is 0.139. The van der Waals surface area contributed by atoms with E-state index in [9.17, 15) is 0 Å². The number of anilines is 1. The molecular weight excluding hydrogens is 328 g/mol. The molecule has 0 atom stereocenters. The van der Waals surface area contributed by atoms with Gasteiger partial charge in [-0.3, -0.25) is 4.99 Å². The Morgan fingerprint density at radius 2 is 2.00 bits per heavy atom. The van der Waals surface area contributed by atoms with Gasteiger partial charge in [0, 0.05) is 29.3 Å². The van der Waals surface area contributed by atoms with E-state index in [1.54, 1.807) is 0 Å². The van der Waals surface area contributed by atoms with Crippen LogP contribution in [0.3, 0.4) is 0 Å². The van der Waals surface area contributed by atoms with E-state index in [-0.39, 0.29) is 5.54 Å². The summed E-state index contributed by atoms with van der Waals surface area (Å²) in [6.07, 6.45) is 2.23. The van der Waals surface area contributed by atoms with E-state index in [1.807, 2.05) is 6.07 Å². The molecule has 4 nitrogen and oxygen atoms in total. The molecule has 5 heteroatoms. The van der Waals surface area contributed by atoms with E-state index in [0.717, 1.165) is 42.6 Å². The first-order chi connectivity index (χ1) is 10.0. The standard InChI is InChI=1S/C16H23BrN4/c1-12(2)20-8-6-16(7-9-20)11-19-15(18)21(16)14-5-3-4-13(17)10-14/h3-5,10,12H,6-9,11H2,1-2H3,(H2,18,19). The van der Waals surface area contributed by atoms with Gasteiger partial charge in [-0.15, -0.1) is 0 Å².